The Bertz CT molecular complexity index is 819. The first-order valence-electron chi connectivity index (χ1n) is 9.47. The highest BCUT2D eigenvalue weighted by Gasteiger charge is 2.20. The van der Waals surface area contributed by atoms with Gasteiger partial charge in [-0.3, -0.25) is 9.59 Å². The van der Waals surface area contributed by atoms with Gasteiger partial charge in [0.1, 0.15) is 5.75 Å². The molecule has 5 nitrogen and oxygen atoms in total. The van der Waals surface area contributed by atoms with Crippen LogP contribution in [0.15, 0.2) is 48.5 Å². The lowest BCUT2D eigenvalue weighted by molar-refractivity contribution is -0.128. The van der Waals surface area contributed by atoms with Gasteiger partial charge in [-0.25, -0.2) is 0 Å². The van der Waals surface area contributed by atoms with E-state index in [2.05, 4.69) is 5.32 Å². The molecule has 0 saturated carbocycles. The fourth-order valence-electron chi connectivity index (χ4n) is 3.31. The predicted octanol–water partition coefficient (Wildman–Crippen LogP) is 3.70. The maximum absolute atomic E-state index is 12.7. The molecule has 2 aromatic carbocycles. The molecule has 1 fully saturated rings. The number of carbonyl (C=O) groups is 2. The van der Waals surface area contributed by atoms with Crippen LogP contribution in [0.4, 0.5) is 0 Å². The number of amides is 2. The van der Waals surface area contributed by atoms with E-state index in [9.17, 15) is 9.59 Å². The number of rotatable bonds is 7. The second-order valence-corrected chi connectivity index (χ2v) is 6.82. The van der Waals surface area contributed by atoms with Gasteiger partial charge in [0.25, 0.3) is 5.91 Å². The van der Waals surface area contributed by atoms with Crippen LogP contribution in [-0.4, -0.2) is 29.9 Å². The molecule has 2 amide bonds. The van der Waals surface area contributed by atoms with Crippen molar-refractivity contribution in [3.8, 4) is 5.75 Å². The highest BCUT2D eigenvalue weighted by molar-refractivity contribution is 5.94. The third-order valence-electron chi connectivity index (χ3n) is 4.75. The molecule has 27 heavy (non-hydrogen) atoms. The maximum atomic E-state index is 12.7. The van der Waals surface area contributed by atoms with Crippen LogP contribution >= 0.6 is 0 Å². The summed E-state index contributed by atoms with van der Waals surface area (Å²) in [5.41, 5.74) is 2.57. The standard InChI is InChI=1S/C22H26N2O3/c1-3-27-20-10-5-8-18(14-20)16(2)23-22(26)19-9-4-7-17(13-19)15-24-12-6-11-21(24)25/h4-5,7-10,13-14,16H,3,6,11-12,15H2,1-2H3,(H,23,26). The Labute approximate surface area is 160 Å². The zero-order chi connectivity index (χ0) is 19.2. The van der Waals surface area contributed by atoms with Crippen LogP contribution in [0.5, 0.6) is 5.75 Å². The molecular formula is C22H26N2O3. The average Bonchev–Trinajstić information content (AvgIpc) is 3.07. The van der Waals surface area contributed by atoms with E-state index >= 15 is 0 Å². The zero-order valence-corrected chi connectivity index (χ0v) is 15.9. The summed E-state index contributed by atoms with van der Waals surface area (Å²) in [5.74, 6) is 0.861. The largest absolute Gasteiger partial charge is 0.494 e. The number of ether oxygens (including phenoxy) is 1. The van der Waals surface area contributed by atoms with E-state index in [0.717, 1.165) is 29.8 Å². The molecule has 1 atom stereocenters. The number of hydrogen-bond donors (Lipinski definition) is 1. The Morgan fingerprint density at radius 2 is 2.04 bits per heavy atom. The molecule has 0 bridgehead atoms. The Morgan fingerprint density at radius 3 is 2.78 bits per heavy atom. The van der Waals surface area contributed by atoms with Crippen molar-refractivity contribution in [2.24, 2.45) is 0 Å². The molecule has 2 aromatic rings. The minimum atomic E-state index is -0.137. The highest BCUT2D eigenvalue weighted by atomic mass is 16.5. The van der Waals surface area contributed by atoms with Gasteiger partial charge in [0.05, 0.1) is 12.6 Å². The van der Waals surface area contributed by atoms with Gasteiger partial charge in [-0.1, -0.05) is 24.3 Å². The number of carbonyl (C=O) groups excluding carboxylic acids is 2. The van der Waals surface area contributed by atoms with Crippen LogP contribution in [0.1, 0.15) is 54.2 Å². The van der Waals surface area contributed by atoms with Crippen LogP contribution in [0, 0.1) is 0 Å². The molecule has 1 unspecified atom stereocenters. The van der Waals surface area contributed by atoms with Gasteiger partial charge >= 0.3 is 0 Å². The van der Waals surface area contributed by atoms with Crippen molar-refractivity contribution >= 4 is 11.8 Å². The first kappa shape index (κ1) is 19.0. The zero-order valence-electron chi connectivity index (χ0n) is 15.9. The van der Waals surface area contributed by atoms with E-state index in [1.54, 1.807) is 6.07 Å². The molecule has 1 N–H and O–H groups in total. The number of likely N-dealkylation sites (tertiary alicyclic amines) is 1. The van der Waals surface area contributed by atoms with Crippen LogP contribution < -0.4 is 10.1 Å². The van der Waals surface area contributed by atoms with Gasteiger partial charge in [0, 0.05) is 25.1 Å². The van der Waals surface area contributed by atoms with Crippen LogP contribution in [-0.2, 0) is 11.3 Å². The van der Waals surface area contributed by atoms with E-state index in [-0.39, 0.29) is 17.9 Å². The summed E-state index contributed by atoms with van der Waals surface area (Å²) in [7, 11) is 0. The van der Waals surface area contributed by atoms with Crippen LogP contribution in [0.3, 0.4) is 0 Å². The number of nitrogens with one attached hydrogen (secondary N) is 1. The number of hydrogen-bond acceptors (Lipinski definition) is 3. The van der Waals surface area contributed by atoms with E-state index in [4.69, 9.17) is 4.74 Å². The quantitative estimate of drug-likeness (QED) is 0.813. The van der Waals surface area contributed by atoms with Crippen molar-refractivity contribution in [3.05, 3.63) is 65.2 Å². The lowest BCUT2D eigenvalue weighted by Gasteiger charge is -2.17. The molecule has 1 aliphatic rings. The van der Waals surface area contributed by atoms with Crippen molar-refractivity contribution in [1.82, 2.24) is 10.2 Å². The first-order chi connectivity index (χ1) is 13.1. The first-order valence-corrected chi connectivity index (χ1v) is 9.47. The van der Waals surface area contributed by atoms with Crippen molar-refractivity contribution in [2.75, 3.05) is 13.2 Å². The summed E-state index contributed by atoms with van der Waals surface area (Å²) in [5, 5.41) is 3.04. The summed E-state index contributed by atoms with van der Waals surface area (Å²) in [6, 6.07) is 15.1. The fraction of sp³-hybridized carbons (Fsp3) is 0.364. The van der Waals surface area contributed by atoms with Gasteiger partial charge < -0.3 is 15.0 Å². The minimum Gasteiger partial charge on any atom is -0.494 e. The molecule has 1 heterocycles. The number of nitrogens with zero attached hydrogens (tertiary/aromatic N) is 1. The van der Waals surface area contributed by atoms with Gasteiger partial charge in [-0.05, 0) is 55.7 Å². The Morgan fingerprint density at radius 1 is 1.22 bits per heavy atom. The summed E-state index contributed by atoms with van der Waals surface area (Å²) >= 11 is 0. The average molecular weight is 366 g/mol. The van der Waals surface area contributed by atoms with E-state index < -0.39 is 0 Å². The molecule has 0 radical (unpaired) electrons. The molecule has 0 aromatic heterocycles. The molecule has 5 heteroatoms. The van der Waals surface area contributed by atoms with Gasteiger partial charge in [-0.2, -0.15) is 0 Å². The topological polar surface area (TPSA) is 58.6 Å². The second kappa shape index (κ2) is 8.71. The molecule has 3 rings (SSSR count). The molecule has 142 valence electrons. The third kappa shape index (κ3) is 4.88. The monoisotopic (exact) mass is 366 g/mol. The highest BCUT2D eigenvalue weighted by Crippen LogP contribution is 2.20. The molecular weight excluding hydrogens is 340 g/mol. The number of benzene rings is 2. The molecule has 0 aliphatic carbocycles. The minimum absolute atomic E-state index is 0.126. The van der Waals surface area contributed by atoms with Crippen molar-refractivity contribution in [3.63, 3.8) is 0 Å². The van der Waals surface area contributed by atoms with E-state index in [1.807, 2.05) is 61.2 Å². The predicted molar refractivity (Wildman–Crippen MR) is 105 cm³/mol. The summed E-state index contributed by atoms with van der Waals surface area (Å²) < 4.78 is 5.53. The lowest BCUT2D eigenvalue weighted by Crippen LogP contribution is -2.27. The van der Waals surface area contributed by atoms with E-state index in [1.165, 1.54) is 0 Å². The van der Waals surface area contributed by atoms with Gasteiger partial charge in [0.2, 0.25) is 5.91 Å². The smallest absolute Gasteiger partial charge is 0.251 e. The normalized spacial score (nSPS) is 14.9. The van der Waals surface area contributed by atoms with Crippen molar-refractivity contribution in [2.45, 2.75) is 39.3 Å². The lowest BCUT2D eigenvalue weighted by atomic mass is 10.1. The van der Waals surface area contributed by atoms with Crippen molar-refractivity contribution in [1.29, 1.82) is 0 Å². The Kier molecular flexibility index (Phi) is 6.12. The third-order valence-corrected chi connectivity index (χ3v) is 4.75. The molecule has 0 spiro atoms. The molecule has 1 saturated heterocycles. The summed E-state index contributed by atoms with van der Waals surface area (Å²) in [4.78, 5) is 26.3. The van der Waals surface area contributed by atoms with Crippen LogP contribution in [0.25, 0.3) is 0 Å². The Hall–Kier alpha value is -2.82. The van der Waals surface area contributed by atoms with Crippen LogP contribution in [0.2, 0.25) is 0 Å². The van der Waals surface area contributed by atoms with E-state index in [0.29, 0.717) is 25.1 Å². The summed E-state index contributed by atoms with van der Waals surface area (Å²) in [6.45, 7) is 5.86. The summed E-state index contributed by atoms with van der Waals surface area (Å²) in [6.07, 6.45) is 1.54. The van der Waals surface area contributed by atoms with Gasteiger partial charge in [-0.15, -0.1) is 0 Å². The Balaban J connectivity index is 1.66. The van der Waals surface area contributed by atoms with Gasteiger partial charge in [0.15, 0.2) is 0 Å². The molecule has 1 aliphatic heterocycles. The van der Waals surface area contributed by atoms with Crippen molar-refractivity contribution < 1.29 is 14.3 Å². The maximum Gasteiger partial charge on any atom is 0.251 e. The fourth-order valence-corrected chi connectivity index (χ4v) is 3.31. The SMILES string of the molecule is CCOc1cccc(C(C)NC(=O)c2cccc(CN3CCCC3=O)c2)c1. The second-order valence-electron chi connectivity index (χ2n) is 6.82.